The van der Waals surface area contributed by atoms with Crippen LogP contribution in [-0.4, -0.2) is 39.3 Å². The summed E-state index contributed by atoms with van der Waals surface area (Å²) in [4.78, 5) is 4.73. The summed E-state index contributed by atoms with van der Waals surface area (Å²) in [6.07, 6.45) is 3.59. The fourth-order valence-corrected chi connectivity index (χ4v) is 3.04. The van der Waals surface area contributed by atoms with Gasteiger partial charge in [-0.15, -0.1) is 0 Å². The molecule has 0 aromatic heterocycles. The molecule has 1 aromatic carbocycles. The average molecular weight is 275 g/mol. The van der Waals surface area contributed by atoms with Crippen molar-refractivity contribution in [3.05, 3.63) is 24.3 Å². The van der Waals surface area contributed by atoms with Gasteiger partial charge in [0.15, 0.2) is 0 Å². The zero-order valence-corrected chi connectivity index (χ0v) is 13.4. The molecule has 20 heavy (non-hydrogen) atoms. The van der Waals surface area contributed by atoms with Crippen LogP contribution in [-0.2, 0) is 0 Å². The number of rotatable bonds is 4. The molecule has 0 bridgehead atoms. The minimum absolute atomic E-state index is 0.268. The molecular weight excluding hydrogens is 246 g/mol. The van der Waals surface area contributed by atoms with E-state index >= 15 is 0 Å². The second-order valence-corrected chi connectivity index (χ2v) is 6.10. The molecule has 0 saturated carbocycles. The maximum atomic E-state index is 3.78. The van der Waals surface area contributed by atoms with Crippen LogP contribution in [0.4, 0.5) is 11.4 Å². The third kappa shape index (κ3) is 3.26. The lowest BCUT2D eigenvalue weighted by Crippen LogP contribution is -2.50. The van der Waals surface area contributed by atoms with Gasteiger partial charge in [0.25, 0.3) is 0 Å². The van der Waals surface area contributed by atoms with Crippen molar-refractivity contribution in [2.45, 2.75) is 38.6 Å². The van der Waals surface area contributed by atoms with Gasteiger partial charge in [-0.2, -0.15) is 0 Å². The summed E-state index contributed by atoms with van der Waals surface area (Å²) in [5, 5.41) is 3.78. The van der Waals surface area contributed by atoms with Crippen molar-refractivity contribution < 1.29 is 0 Å². The fourth-order valence-electron chi connectivity index (χ4n) is 3.04. The topological polar surface area (TPSA) is 18.5 Å². The summed E-state index contributed by atoms with van der Waals surface area (Å²) in [7, 11) is 4.21. The lowest BCUT2D eigenvalue weighted by molar-refractivity contribution is 0.321. The fraction of sp³-hybridized carbons (Fsp3) is 0.647. The quantitative estimate of drug-likeness (QED) is 0.911. The van der Waals surface area contributed by atoms with E-state index in [1.807, 2.05) is 0 Å². The van der Waals surface area contributed by atoms with E-state index in [1.54, 1.807) is 0 Å². The molecule has 3 heteroatoms. The molecule has 0 amide bonds. The smallest absolute Gasteiger partial charge is 0.0387 e. The Kier molecular flexibility index (Phi) is 4.92. The predicted octanol–water partition coefficient (Wildman–Crippen LogP) is 3.11. The zero-order valence-electron chi connectivity index (χ0n) is 13.4. The summed E-state index contributed by atoms with van der Waals surface area (Å²) in [5.74, 6) is 0. The number of nitrogens with one attached hydrogen (secondary N) is 1. The highest BCUT2D eigenvalue weighted by molar-refractivity contribution is 5.59. The second kappa shape index (κ2) is 6.49. The van der Waals surface area contributed by atoms with Crippen molar-refractivity contribution >= 4 is 11.4 Å². The molecule has 1 fully saturated rings. The Morgan fingerprint density at radius 1 is 1.25 bits per heavy atom. The molecule has 0 spiro atoms. The first-order chi connectivity index (χ1) is 9.60. The van der Waals surface area contributed by atoms with Crippen LogP contribution in [0.25, 0.3) is 0 Å². The lowest BCUT2D eigenvalue weighted by Gasteiger charge is -2.36. The standard InChI is InChI=1S/C17H29N3/c1-5-17(6-2)14-20(12-8-11-18-17)16-10-7-9-15(13-16)19(3)4/h7,9-10,13,18H,5-6,8,11-12,14H2,1-4H3. The Labute approximate surface area is 124 Å². The molecule has 0 radical (unpaired) electrons. The third-order valence-corrected chi connectivity index (χ3v) is 4.66. The molecule has 2 rings (SSSR count). The summed E-state index contributed by atoms with van der Waals surface area (Å²) in [6, 6.07) is 8.89. The van der Waals surface area contributed by atoms with Gasteiger partial charge in [0.1, 0.15) is 0 Å². The maximum absolute atomic E-state index is 3.78. The van der Waals surface area contributed by atoms with Crippen LogP contribution in [0.5, 0.6) is 0 Å². The van der Waals surface area contributed by atoms with Gasteiger partial charge in [-0.1, -0.05) is 19.9 Å². The van der Waals surface area contributed by atoms with Gasteiger partial charge in [-0.25, -0.2) is 0 Å². The van der Waals surface area contributed by atoms with E-state index in [1.165, 1.54) is 30.6 Å². The van der Waals surface area contributed by atoms with Crippen molar-refractivity contribution in [2.24, 2.45) is 0 Å². The van der Waals surface area contributed by atoms with E-state index < -0.39 is 0 Å². The largest absolute Gasteiger partial charge is 0.378 e. The highest BCUT2D eigenvalue weighted by Crippen LogP contribution is 2.26. The van der Waals surface area contributed by atoms with Crippen LogP contribution in [0, 0.1) is 0 Å². The number of nitrogens with zero attached hydrogens (tertiary/aromatic N) is 2. The minimum Gasteiger partial charge on any atom is -0.378 e. The normalized spacial score (nSPS) is 18.7. The van der Waals surface area contributed by atoms with E-state index in [9.17, 15) is 0 Å². The van der Waals surface area contributed by atoms with Crippen LogP contribution in [0.15, 0.2) is 24.3 Å². The van der Waals surface area contributed by atoms with E-state index in [-0.39, 0.29) is 5.54 Å². The second-order valence-electron chi connectivity index (χ2n) is 6.10. The summed E-state index contributed by atoms with van der Waals surface area (Å²) < 4.78 is 0. The first-order valence-electron chi connectivity index (χ1n) is 7.87. The number of benzene rings is 1. The molecule has 0 unspecified atom stereocenters. The first kappa shape index (κ1) is 15.2. The predicted molar refractivity (Wildman–Crippen MR) is 88.9 cm³/mol. The molecule has 3 nitrogen and oxygen atoms in total. The summed E-state index contributed by atoms with van der Waals surface area (Å²) in [6.45, 7) is 7.99. The Morgan fingerprint density at radius 2 is 2.00 bits per heavy atom. The first-order valence-corrected chi connectivity index (χ1v) is 7.87. The van der Waals surface area contributed by atoms with Gasteiger partial charge in [0.2, 0.25) is 0 Å². The molecule has 0 aliphatic carbocycles. The van der Waals surface area contributed by atoms with E-state index in [0.717, 1.165) is 19.6 Å². The lowest BCUT2D eigenvalue weighted by atomic mass is 9.92. The molecule has 1 aliphatic rings. The summed E-state index contributed by atoms with van der Waals surface area (Å²) in [5.41, 5.74) is 2.90. The van der Waals surface area contributed by atoms with Crippen molar-refractivity contribution in [1.29, 1.82) is 0 Å². The highest BCUT2D eigenvalue weighted by Gasteiger charge is 2.30. The van der Waals surface area contributed by atoms with Gasteiger partial charge in [-0.05, 0) is 44.0 Å². The number of hydrogen-bond acceptors (Lipinski definition) is 3. The van der Waals surface area contributed by atoms with Crippen LogP contribution < -0.4 is 15.1 Å². The Hall–Kier alpha value is -1.22. The van der Waals surface area contributed by atoms with Crippen LogP contribution >= 0.6 is 0 Å². The van der Waals surface area contributed by atoms with Crippen molar-refractivity contribution in [2.75, 3.05) is 43.5 Å². The van der Waals surface area contributed by atoms with E-state index in [0.29, 0.717) is 0 Å². The van der Waals surface area contributed by atoms with Gasteiger partial charge < -0.3 is 15.1 Å². The van der Waals surface area contributed by atoms with Crippen molar-refractivity contribution in [3.8, 4) is 0 Å². The molecule has 1 aromatic rings. The van der Waals surface area contributed by atoms with Crippen LogP contribution in [0.3, 0.4) is 0 Å². The minimum atomic E-state index is 0.268. The van der Waals surface area contributed by atoms with E-state index in [4.69, 9.17) is 0 Å². The number of anilines is 2. The molecule has 1 aliphatic heterocycles. The Bertz CT molecular complexity index is 424. The molecular formula is C17H29N3. The summed E-state index contributed by atoms with van der Waals surface area (Å²) >= 11 is 0. The van der Waals surface area contributed by atoms with Crippen molar-refractivity contribution in [1.82, 2.24) is 5.32 Å². The molecule has 112 valence electrons. The number of hydrogen-bond donors (Lipinski definition) is 1. The molecule has 1 N–H and O–H groups in total. The van der Waals surface area contributed by atoms with Crippen molar-refractivity contribution in [3.63, 3.8) is 0 Å². The van der Waals surface area contributed by atoms with E-state index in [2.05, 4.69) is 67.3 Å². The van der Waals surface area contributed by atoms with Gasteiger partial charge in [0, 0.05) is 44.1 Å². The van der Waals surface area contributed by atoms with Gasteiger partial charge >= 0.3 is 0 Å². The molecule has 0 atom stereocenters. The molecule has 1 saturated heterocycles. The maximum Gasteiger partial charge on any atom is 0.0387 e. The molecule has 1 heterocycles. The zero-order chi connectivity index (χ0) is 14.6. The Balaban J connectivity index is 2.24. The van der Waals surface area contributed by atoms with Crippen LogP contribution in [0.2, 0.25) is 0 Å². The third-order valence-electron chi connectivity index (χ3n) is 4.66. The van der Waals surface area contributed by atoms with Crippen LogP contribution in [0.1, 0.15) is 33.1 Å². The average Bonchev–Trinajstić information content (AvgIpc) is 2.70. The van der Waals surface area contributed by atoms with Gasteiger partial charge in [-0.3, -0.25) is 0 Å². The monoisotopic (exact) mass is 275 g/mol. The van der Waals surface area contributed by atoms with Gasteiger partial charge in [0.05, 0.1) is 0 Å². The highest BCUT2D eigenvalue weighted by atomic mass is 15.2. The Morgan fingerprint density at radius 3 is 2.65 bits per heavy atom. The SMILES string of the molecule is CCC1(CC)CN(c2cccc(N(C)C)c2)CCCN1.